The van der Waals surface area contributed by atoms with E-state index in [1.54, 1.807) is 0 Å². The van der Waals surface area contributed by atoms with E-state index in [1.807, 2.05) is 54.0 Å². The Morgan fingerprint density at radius 3 is 1.81 bits per heavy atom. The molecule has 10 rings (SSSR count). The van der Waals surface area contributed by atoms with Crippen molar-refractivity contribution < 1.29 is 33.8 Å². The maximum Gasteiger partial charge on any atom is 0.407 e. The number of aromatic amines is 2. The van der Waals surface area contributed by atoms with Gasteiger partial charge in [0.2, 0.25) is 11.8 Å². The van der Waals surface area contributed by atoms with Crippen LogP contribution in [0.3, 0.4) is 0 Å². The number of carboxylic acid groups (broad SMARTS) is 1. The molecule has 334 valence electrons. The number of halogens is 2. The van der Waals surface area contributed by atoms with Gasteiger partial charge < -0.3 is 45.0 Å². The number of fused-ring (bicyclic) bond motifs is 3. The van der Waals surface area contributed by atoms with E-state index in [4.69, 9.17) is 42.6 Å². The van der Waals surface area contributed by atoms with Crippen molar-refractivity contribution in [3.05, 3.63) is 82.6 Å². The monoisotopic (exact) mass is 908 g/mol. The molecule has 64 heavy (non-hydrogen) atoms. The second-order valence-electron chi connectivity index (χ2n) is 18.3. The molecule has 5 N–H and O–H groups in total. The highest BCUT2D eigenvalue weighted by molar-refractivity contribution is 6.32. The molecular weight excluding hydrogens is 859 g/mol. The van der Waals surface area contributed by atoms with Gasteiger partial charge in [-0.05, 0) is 96.2 Å². The van der Waals surface area contributed by atoms with Crippen molar-refractivity contribution in [2.45, 2.75) is 88.6 Å². The fourth-order valence-electron chi connectivity index (χ4n) is 10.5. The summed E-state index contributed by atoms with van der Waals surface area (Å²) in [7, 11) is 1.29. The molecule has 5 heterocycles. The Morgan fingerprint density at radius 2 is 1.25 bits per heavy atom. The number of ether oxygens (including phenoxy) is 2. The summed E-state index contributed by atoms with van der Waals surface area (Å²) < 4.78 is 10.3. The average molecular weight is 910 g/mol. The number of aromatic nitrogens is 4. The molecule has 3 aliphatic heterocycles. The number of imidazole rings is 2. The Labute approximate surface area is 379 Å². The largest absolute Gasteiger partial charge is 0.465 e. The van der Waals surface area contributed by atoms with Crippen LogP contribution in [-0.2, 0) is 19.1 Å². The summed E-state index contributed by atoms with van der Waals surface area (Å²) in [6.45, 7) is 4.80. The van der Waals surface area contributed by atoms with Gasteiger partial charge in [-0.15, -0.1) is 0 Å². The summed E-state index contributed by atoms with van der Waals surface area (Å²) in [5.74, 6) is 1.34. The topological polar surface area (TPSA) is 195 Å². The summed E-state index contributed by atoms with van der Waals surface area (Å²) in [5.41, 5.74) is 5.11. The number of piperidine rings is 2. The maximum absolute atomic E-state index is 14.1. The molecule has 3 saturated heterocycles. The highest BCUT2D eigenvalue weighted by Gasteiger charge is 2.58. The van der Waals surface area contributed by atoms with Crippen LogP contribution in [0.5, 0.6) is 0 Å². The van der Waals surface area contributed by atoms with Crippen molar-refractivity contribution in [2.24, 2.45) is 23.7 Å². The van der Waals surface area contributed by atoms with E-state index in [0.717, 1.165) is 58.7 Å². The second-order valence-corrected chi connectivity index (χ2v) is 19.0. The van der Waals surface area contributed by atoms with Crippen LogP contribution in [0.4, 0.5) is 9.59 Å². The lowest BCUT2D eigenvalue weighted by molar-refractivity contribution is -0.138. The molecule has 5 fully saturated rings. The number of nitrogens with one attached hydrogen (secondary N) is 4. The third-order valence-corrected chi connectivity index (χ3v) is 14.6. The first-order chi connectivity index (χ1) is 30.9. The van der Waals surface area contributed by atoms with Gasteiger partial charge in [-0.25, -0.2) is 19.6 Å². The first-order valence-corrected chi connectivity index (χ1v) is 22.8. The number of benzene rings is 3. The Kier molecular flexibility index (Phi) is 11.1. The number of nitrogens with zero attached hydrogens (tertiary/aromatic N) is 4. The van der Waals surface area contributed by atoms with Gasteiger partial charge in [-0.2, -0.15) is 0 Å². The summed E-state index contributed by atoms with van der Waals surface area (Å²) >= 11 is 13.6. The molecule has 2 saturated carbocycles. The zero-order valence-electron chi connectivity index (χ0n) is 35.6. The van der Waals surface area contributed by atoms with Crippen LogP contribution in [0, 0.1) is 23.7 Å². The van der Waals surface area contributed by atoms with E-state index < -0.39 is 24.3 Å². The number of likely N-dealkylation sites (tertiary alicyclic amines) is 2. The normalized spacial score (nSPS) is 24.6. The van der Waals surface area contributed by atoms with Gasteiger partial charge in [0, 0.05) is 36.4 Å². The molecule has 17 heteroatoms. The smallest absolute Gasteiger partial charge is 0.407 e. The van der Waals surface area contributed by atoms with Crippen LogP contribution in [0.15, 0.2) is 60.7 Å². The molecule has 3 aromatic carbocycles. The number of methoxy groups -OCH3 is 1. The quantitative estimate of drug-likeness (QED) is 0.0866. The number of amides is 4. The van der Waals surface area contributed by atoms with Crippen LogP contribution in [0.2, 0.25) is 10.3 Å². The minimum absolute atomic E-state index is 0.0600. The standard InChI is InChI=1S/C47H50Cl2N8O7/c1-22(2)36(53-47(62)63-3)44(58)56-32-18-30(32)20-34(56)42-50-37(40(48)54-42)24-6-4-23(5-7-24)26-8-9-28-17-29(11-10-27(28)16-26)38-41(49)55-43(51-38)35-21-31-19-33(31)57(35)45(59)39(52-46(60)61)25-12-14-64-15-13-25/h4-11,16-17,22,25,30-36,39,52H,12-15,18-21H2,1-3H3,(H,50,54)(H,51,55)(H,53,62)(H,60,61)/t30-,31-,32-,33-,34+,35+,36+,39+/m1/s1. The van der Waals surface area contributed by atoms with Crippen LogP contribution in [0.25, 0.3) is 44.4 Å². The van der Waals surface area contributed by atoms with Gasteiger partial charge in [-0.3, -0.25) is 9.59 Å². The highest BCUT2D eigenvalue weighted by Crippen LogP contribution is 2.55. The van der Waals surface area contributed by atoms with Gasteiger partial charge in [0.15, 0.2) is 10.3 Å². The Balaban J connectivity index is 0.844. The summed E-state index contributed by atoms with van der Waals surface area (Å²) in [6.07, 6.45) is 2.73. The van der Waals surface area contributed by atoms with Crippen LogP contribution < -0.4 is 10.6 Å². The van der Waals surface area contributed by atoms with E-state index in [-0.39, 0.29) is 47.8 Å². The molecule has 0 spiro atoms. The third-order valence-electron chi connectivity index (χ3n) is 14.0. The molecule has 0 unspecified atom stereocenters. The summed E-state index contributed by atoms with van der Waals surface area (Å²) in [4.78, 5) is 72.0. The van der Waals surface area contributed by atoms with Crippen molar-refractivity contribution in [3.8, 4) is 33.6 Å². The van der Waals surface area contributed by atoms with Gasteiger partial charge in [0.25, 0.3) is 0 Å². The van der Waals surface area contributed by atoms with Gasteiger partial charge >= 0.3 is 12.2 Å². The van der Waals surface area contributed by atoms with Gasteiger partial charge in [0.1, 0.15) is 23.7 Å². The number of hydrogen-bond acceptors (Lipinski definition) is 8. The van der Waals surface area contributed by atoms with Gasteiger partial charge in [0.05, 0.1) is 30.6 Å². The van der Waals surface area contributed by atoms with Crippen LogP contribution in [-0.4, -0.2) is 103 Å². The minimum atomic E-state index is -1.21. The highest BCUT2D eigenvalue weighted by atomic mass is 35.5. The molecule has 0 radical (unpaired) electrons. The van der Waals surface area contributed by atoms with E-state index in [2.05, 4.69) is 50.9 Å². The zero-order chi connectivity index (χ0) is 44.6. The molecular formula is C47H50Cl2N8O7. The number of carbonyl (C=O) groups is 4. The minimum Gasteiger partial charge on any atom is -0.465 e. The van der Waals surface area contributed by atoms with Crippen LogP contribution >= 0.6 is 23.2 Å². The van der Waals surface area contributed by atoms with E-state index in [0.29, 0.717) is 71.2 Å². The van der Waals surface area contributed by atoms with Gasteiger partial charge in [-0.1, -0.05) is 85.6 Å². The number of hydrogen-bond donors (Lipinski definition) is 5. The molecule has 2 aromatic heterocycles. The SMILES string of the molecule is COC(=O)N[C@H](C(=O)N1[C@@H]2C[C@@H]2C[C@H]1c1nc(Cl)c(-c2ccc(-c3ccc4cc(-c5[nH]c([C@@H]6C[C@H]7C[C@H]7N6C(=O)[C@@H](NC(=O)O)C6CCOCC6)nc5Cl)ccc4c3)cc2)[nH]1)C(C)C. The lowest BCUT2D eigenvalue weighted by Gasteiger charge is -2.35. The predicted molar refractivity (Wildman–Crippen MR) is 239 cm³/mol. The number of rotatable bonds is 11. The molecule has 0 bridgehead atoms. The summed E-state index contributed by atoms with van der Waals surface area (Å²) in [6, 6.07) is 18.5. The second kappa shape index (κ2) is 16.7. The average Bonchev–Trinajstić information content (AvgIpc) is 4.01. The van der Waals surface area contributed by atoms with E-state index in [1.165, 1.54) is 7.11 Å². The van der Waals surface area contributed by atoms with Crippen molar-refractivity contribution in [1.82, 2.24) is 40.4 Å². The Bertz CT molecular complexity index is 2640. The molecule has 2 aliphatic carbocycles. The van der Waals surface area contributed by atoms with Crippen molar-refractivity contribution in [2.75, 3.05) is 20.3 Å². The van der Waals surface area contributed by atoms with Crippen molar-refractivity contribution >= 4 is 58.0 Å². The molecule has 8 atom stereocenters. The fourth-order valence-corrected chi connectivity index (χ4v) is 11.0. The predicted octanol–water partition coefficient (Wildman–Crippen LogP) is 8.36. The lowest BCUT2D eigenvalue weighted by Crippen LogP contribution is -2.53. The van der Waals surface area contributed by atoms with Crippen LogP contribution in [0.1, 0.15) is 76.1 Å². The fraction of sp³-hybridized carbons (Fsp3) is 0.447. The first kappa shape index (κ1) is 42.3. The van der Waals surface area contributed by atoms with Crippen molar-refractivity contribution in [1.29, 1.82) is 0 Å². The molecule has 5 aromatic rings. The molecule has 5 aliphatic rings. The third kappa shape index (κ3) is 7.85. The van der Waals surface area contributed by atoms with E-state index in [9.17, 15) is 24.3 Å². The number of H-pyrrole nitrogens is 2. The van der Waals surface area contributed by atoms with Crippen molar-refractivity contribution in [3.63, 3.8) is 0 Å². The zero-order valence-corrected chi connectivity index (χ0v) is 37.2. The maximum atomic E-state index is 14.1. The molecule has 15 nitrogen and oxygen atoms in total. The number of alkyl carbamates (subject to hydrolysis) is 1. The Morgan fingerprint density at radius 1 is 0.734 bits per heavy atom. The number of carbonyl (C=O) groups excluding carboxylic acids is 3. The Hall–Kier alpha value is -5.64. The molecule has 4 amide bonds. The lowest BCUT2D eigenvalue weighted by atomic mass is 9.90. The first-order valence-electron chi connectivity index (χ1n) is 22.1. The summed E-state index contributed by atoms with van der Waals surface area (Å²) in [5, 5.41) is 17.6. The van der Waals surface area contributed by atoms with E-state index >= 15 is 0 Å².